The molecule has 1 unspecified atom stereocenters. The zero-order valence-corrected chi connectivity index (χ0v) is 7.86. The summed E-state index contributed by atoms with van der Waals surface area (Å²) in [6.07, 6.45) is 1.01. The van der Waals surface area contributed by atoms with Gasteiger partial charge in [0.05, 0.1) is 0 Å². The lowest BCUT2D eigenvalue weighted by Gasteiger charge is -2.27. The van der Waals surface area contributed by atoms with Crippen molar-refractivity contribution in [1.82, 2.24) is 10.2 Å². The summed E-state index contributed by atoms with van der Waals surface area (Å²) in [6.45, 7) is 2.88. The van der Waals surface area contributed by atoms with Gasteiger partial charge in [0.1, 0.15) is 6.04 Å². The van der Waals surface area contributed by atoms with Gasteiger partial charge in [0.25, 0.3) is 0 Å². The Bertz CT molecular complexity index is 220. The molecule has 0 aromatic carbocycles. The van der Waals surface area contributed by atoms with Gasteiger partial charge in [-0.05, 0) is 38.4 Å². The molecule has 2 rings (SSSR count). The number of aliphatic carboxylic acids is 1. The molecule has 2 saturated heterocycles. The summed E-state index contributed by atoms with van der Waals surface area (Å²) in [7, 11) is 1.91. The number of rotatable bonds is 1. The fourth-order valence-electron chi connectivity index (χ4n) is 2.74. The van der Waals surface area contributed by atoms with E-state index in [0.717, 1.165) is 26.1 Å². The largest absolute Gasteiger partial charge is 0.480 e. The lowest BCUT2D eigenvalue weighted by Crippen LogP contribution is -2.41. The molecule has 3 atom stereocenters. The zero-order chi connectivity index (χ0) is 9.42. The van der Waals surface area contributed by atoms with Gasteiger partial charge < -0.3 is 10.4 Å². The Morgan fingerprint density at radius 1 is 1.62 bits per heavy atom. The smallest absolute Gasteiger partial charge is 0.321 e. The Labute approximate surface area is 77.9 Å². The summed E-state index contributed by atoms with van der Waals surface area (Å²) in [5.74, 6) is 0.250. The molecule has 2 heterocycles. The molecule has 74 valence electrons. The van der Waals surface area contributed by atoms with Crippen molar-refractivity contribution >= 4 is 5.97 Å². The summed E-state index contributed by atoms with van der Waals surface area (Å²) < 4.78 is 0. The SMILES string of the molecule is CN1C[C@@H]2CNCC[C@@H]2C1C(=O)O. The minimum Gasteiger partial charge on any atom is -0.480 e. The first kappa shape index (κ1) is 8.97. The van der Waals surface area contributed by atoms with Gasteiger partial charge in [0, 0.05) is 6.54 Å². The topological polar surface area (TPSA) is 52.6 Å². The second-order valence-corrected chi connectivity index (χ2v) is 4.14. The van der Waals surface area contributed by atoms with Gasteiger partial charge in [-0.1, -0.05) is 0 Å². The molecule has 0 spiro atoms. The number of piperidine rings is 1. The van der Waals surface area contributed by atoms with Crippen LogP contribution in [0.15, 0.2) is 0 Å². The van der Waals surface area contributed by atoms with Crippen molar-refractivity contribution in [2.45, 2.75) is 12.5 Å². The van der Waals surface area contributed by atoms with E-state index in [0.29, 0.717) is 11.8 Å². The predicted molar refractivity (Wildman–Crippen MR) is 48.5 cm³/mol. The third-order valence-electron chi connectivity index (χ3n) is 3.32. The fraction of sp³-hybridized carbons (Fsp3) is 0.889. The van der Waals surface area contributed by atoms with Crippen LogP contribution in [0.1, 0.15) is 6.42 Å². The molecule has 2 fully saturated rings. The van der Waals surface area contributed by atoms with Crippen LogP contribution in [0, 0.1) is 11.8 Å². The normalized spacial score (nSPS) is 40.2. The van der Waals surface area contributed by atoms with E-state index in [1.165, 1.54) is 0 Å². The maximum absolute atomic E-state index is 11.0. The first-order chi connectivity index (χ1) is 6.20. The summed E-state index contributed by atoms with van der Waals surface area (Å²) in [4.78, 5) is 13.0. The highest BCUT2D eigenvalue weighted by molar-refractivity contribution is 5.74. The number of hydrogen-bond donors (Lipinski definition) is 2. The van der Waals surface area contributed by atoms with Crippen LogP contribution in [0.3, 0.4) is 0 Å². The average Bonchev–Trinajstić information content (AvgIpc) is 2.39. The molecule has 0 saturated carbocycles. The first-order valence-corrected chi connectivity index (χ1v) is 4.84. The molecular formula is C9H16N2O2. The monoisotopic (exact) mass is 184 g/mol. The Morgan fingerprint density at radius 2 is 2.38 bits per heavy atom. The Balaban J connectivity index is 2.13. The molecule has 0 radical (unpaired) electrons. The number of nitrogens with zero attached hydrogens (tertiary/aromatic N) is 1. The summed E-state index contributed by atoms with van der Waals surface area (Å²) in [6, 6.07) is -0.243. The molecule has 2 aliphatic heterocycles. The van der Waals surface area contributed by atoms with Gasteiger partial charge in [-0.3, -0.25) is 9.69 Å². The molecule has 2 aliphatic rings. The molecule has 4 heteroatoms. The van der Waals surface area contributed by atoms with Crippen molar-refractivity contribution in [3.05, 3.63) is 0 Å². The molecule has 0 amide bonds. The Morgan fingerprint density at radius 3 is 3.08 bits per heavy atom. The fourth-order valence-corrected chi connectivity index (χ4v) is 2.74. The van der Waals surface area contributed by atoms with Crippen LogP contribution in [-0.4, -0.2) is 48.7 Å². The number of carboxylic acids is 1. The molecule has 4 nitrogen and oxygen atoms in total. The second-order valence-electron chi connectivity index (χ2n) is 4.14. The minimum absolute atomic E-state index is 0.243. The van der Waals surface area contributed by atoms with E-state index >= 15 is 0 Å². The number of fused-ring (bicyclic) bond motifs is 1. The zero-order valence-electron chi connectivity index (χ0n) is 7.86. The number of carboxylic acid groups (broad SMARTS) is 1. The van der Waals surface area contributed by atoms with Gasteiger partial charge in [-0.2, -0.15) is 0 Å². The van der Waals surface area contributed by atoms with Gasteiger partial charge in [-0.25, -0.2) is 0 Å². The first-order valence-electron chi connectivity index (χ1n) is 4.84. The standard InChI is InChI=1S/C9H16N2O2/c1-11-5-6-4-10-3-2-7(6)8(11)9(12)13/h6-8,10H,2-5H2,1H3,(H,12,13)/t6-,7-,8?/m0/s1. The van der Waals surface area contributed by atoms with Gasteiger partial charge in [0.15, 0.2) is 0 Å². The van der Waals surface area contributed by atoms with Crippen LogP contribution in [0.2, 0.25) is 0 Å². The van der Waals surface area contributed by atoms with E-state index in [1.807, 2.05) is 11.9 Å². The number of likely N-dealkylation sites (tertiary alicyclic amines) is 1. The van der Waals surface area contributed by atoms with Crippen molar-refractivity contribution in [2.75, 3.05) is 26.7 Å². The molecule has 13 heavy (non-hydrogen) atoms. The van der Waals surface area contributed by atoms with Crippen LogP contribution in [0.25, 0.3) is 0 Å². The highest BCUT2D eigenvalue weighted by Crippen LogP contribution is 2.32. The summed E-state index contributed by atoms with van der Waals surface area (Å²) >= 11 is 0. The third-order valence-corrected chi connectivity index (χ3v) is 3.32. The van der Waals surface area contributed by atoms with E-state index in [9.17, 15) is 4.79 Å². The molecule has 2 N–H and O–H groups in total. The Kier molecular flexibility index (Phi) is 2.26. The highest BCUT2D eigenvalue weighted by atomic mass is 16.4. The van der Waals surface area contributed by atoms with E-state index in [1.54, 1.807) is 0 Å². The van der Waals surface area contributed by atoms with Crippen LogP contribution in [0.5, 0.6) is 0 Å². The van der Waals surface area contributed by atoms with Crippen molar-refractivity contribution in [3.63, 3.8) is 0 Å². The van der Waals surface area contributed by atoms with E-state index in [2.05, 4.69) is 5.32 Å². The highest BCUT2D eigenvalue weighted by Gasteiger charge is 2.44. The number of nitrogens with one attached hydrogen (secondary N) is 1. The van der Waals surface area contributed by atoms with E-state index in [-0.39, 0.29) is 6.04 Å². The number of likely N-dealkylation sites (N-methyl/N-ethyl adjacent to an activating group) is 1. The minimum atomic E-state index is -0.656. The molecule has 0 aromatic heterocycles. The maximum atomic E-state index is 11.0. The maximum Gasteiger partial charge on any atom is 0.321 e. The average molecular weight is 184 g/mol. The van der Waals surface area contributed by atoms with Gasteiger partial charge in [-0.15, -0.1) is 0 Å². The molecule has 0 aromatic rings. The quantitative estimate of drug-likeness (QED) is 0.583. The number of hydrogen-bond acceptors (Lipinski definition) is 3. The van der Waals surface area contributed by atoms with Crippen molar-refractivity contribution < 1.29 is 9.90 Å². The van der Waals surface area contributed by atoms with Crippen molar-refractivity contribution in [2.24, 2.45) is 11.8 Å². The Hall–Kier alpha value is -0.610. The van der Waals surface area contributed by atoms with Crippen molar-refractivity contribution in [1.29, 1.82) is 0 Å². The summed E-state index contributed by atoms with van der Waals surface area (Å²) in [5.41, 5.74) is 0. The lowest BCUT2D eigenvalue weighted by atomic mass is 9.85. The second kappa shape index (κ2) is 3.27. The van der Waals surface area contributed by atoms with E-state index in [4.69, 9.17) is 5.11 Å². The van der Waals surface area contributed by atoms with Crippen LogP contribution in [-0.2, 0) is 4.79 Å². The van der Waals surface area contributed by atoms with Crippen LogP contribution < -0.4 is 5.32 Å². The molecule has 0 bridgehead atoms. The van der Waals surface area contributed by atoms with Gasteiger partial charge in [0.2, 0.25) is 0 Å². The number of carbonyl (C=O) groups is 1. The lowest BCUT2D eigenvalue weighted by molar-refractivity contribution is -0.143. The third kappa shape index (κ3) is 1.44. The van der Waals surface area contributed by atoms with Crippen LogP contribution >= 0.6 is 0 Å². The van der Waals surface area contributed by atoms with Crippen LogP contribution in [0.4, 0.5) is 0 Å². The van der Waals surface area contributed by atoms with Crippen molar-refractivity contribution in [3.8, 4) is 0 Å². The summed E-state index contributed by atoms with van der Waals surface area (Å²) in [5, 5.41) is 12.4. The molecule has 0 aliphatic carbocycles. The van der Waals surface area contributed by atoms with Gasteiger partial charge >= 0.3 is 5.97 Å². The molecular weight excluding hydrogens is 168 g/mol. The van der Waals surface area contributed by atoms with E-state index < -0.39 is 5.97 Å². The predicted octanol–water partition coefficient (Wildman–Crippen LogP) is -0.389.